The number of rotatable bonds is 0. The molecule has 6 heteroatoms. The van der Waals surface area contributed by atoms with Gasteiger partial charge in [0.05, 0.1) is 18.7 Å². The van der Waals surface area contributed by atoms with E-state index in [4.69, 9.17) is 10.5 Å². The van der Waals surface area contributed by atoms with E-state index in [9.17, 15) is 4.79 Å². The Bertz CT molecular complexity index is 587. The predicted octanol–water partition coefficient (Wildman–Crippen LogP) is 0.919. The number of carbonyl (C=O) groups excluding carboxylic acids is 1. The van der Waals surface area contributed by atoms with Gasteiger partial charge in [-0.3, -0.25) is 0 Å². The average Bonchev–Trinajstić information content (AvgIpc) is 2.84. The molecule has 0 bridgehead atoms. The van der Waals surface area contributed by atoms with Gasteiger partial charge in [0.15, 0.2) is 0 Å². The van der Waals surface area contributed by atoms with Crippen molar-refractivity contribution >= 4 is 22.6 Å². The Hall–Kier alpha value is -2.08. The molecule has 18 heavy (non-hydrogen) atoms. The number of hydrogen-bond acceptors (Lipinski definition) is 4. The van der Waals surface area contributed by atoms with Crippen molar-refractivity contribution in [2.45, 2.75) is 0 Å². The molecule has 1 aliphatic rings. The zero-order valence-electron chi connectivity index (χ0n) is 9.87. The van der Waals surface area contributed by atoms with Crippen LogP contribution in [0, 0.1) is 0 Å². The zero-order chi connectivity index (χ0) is 12.5. The van der Waals surface area contributed by atoms with Crippen LogP contribution < -0.4 is 5.73 Å². The molecule has 6 nitrogen and oxygen atoms in total. The highest BCUT2D eigenvalue weighted by Crippen LogP contribution is 2.19. The van der Waals surface area contributed by atoms with Crippen LogP contribution in [0.15, 0.2) is 24.4 Å². The summed E-state index contributed by atoms with van der Waals surface area (Å²) in [5, 5.41) is 5.06. The predicted molar refractivity (Wildman–Crippen MR) is 67.3 cm³/mol. The van der Waals surface area contributed by atoms with Crippen LogP contribution in [0.25, 0.3) is 10.9 Å². The highest BCUT2D eigenvalue weighted by molar-refractivity contribution is 5.92. The van der Waals surface area contributed by atoms with Gasteiger partial charge in [-0.1, -0.05) is 6.07 Å². The Morgan fingerprint density at radius 3 is 2.83 bits per heavy atom. The molecular weight excluding hydrogens is 232 g/mol. The average molecular weight is 246 g/mol. The number of morpholine rings is 1. The third kappa shape index (κ3) is 1.80. The maximum atomic E-state index is 12.2. The van der Waals surface area contributed by atoms with Gasteiger partial charge in [0.2, 0.25) is 0 Å². The Morgan fingerprint density at radius 2 is 2.11 bits per heavy atom. The fourth-order valence-corrected chi connectivity index (χ4v) is 2.06. The van der Waals surface area contributed by atoms with Crippen LogP contribution in [-0.4, -0.2) is 47.0 Å². The van der Waals surface area contributed by atoms with Crippen molar-refractivity contribution in [1.82, 2.24) is 14.7 Å². The van der Waals surface area contributed by atoms with E-state index in [2.05, 4.69) is 5.10 Å². The minimum Gasteiger partial charge on any atom is -0.398 e. The van der Waals surface area contributed by atoms with Crippen molar-refractivity contribution in [1.29, 1.82) is 0 Å². The molecule has 94 valence electrons. The topological polar surface area (TPSA) is 73.4 Å². The van der Waals surface area contributed by atoms with Gasteiger partial charge in [0.1, 0.15) is 0 Å². The van der Waals surface area contributed by atoms with E-state index < -0.39 is 0 Å². The molecule has 0 radical (unpaired) electrons. The number of nitrogens with two attached hydrogens (primary N) is 1. The second-order valence-electron chi connectivity index (χ2n) is 4.24. The van der Waals surface area contributed by atoms with Crippen LogP contribution >= 0.6 is 0 Å². The molecule has 1 amide bonds. The van der Waals surface area contributed by atoms with Gasteiger partial charge in [-0.2, -0.15) is 9.78 Å². The molecule has 1 fully saturated rings. The normalized spacial score (nSPS) is 16.1. The zero-order valence-corrected chi connectivity index (χ0v) is 9.87. The molecule has 1 saturated heterocycles. The molecule has 0 aliphatic carbocycles. The lowest BCUT2D eigenvalue weighted by Crippen LogP contribution is -2.43. The van der Waals surface area contributed by atoms with Gasteiger partial charge >= 0.3 is 6.03 Å². The maximum absolute atomic E-state index is 12.2. The molecule has 2 N–H and O–H groups in total. The van der Waals surface area contributed by atoms with Crippen LogP contribution in [0.1, 0.15) is 0 Å². The van der Waals surface area contributed by atoms with Crippen LogP contribution in [0.4, 0.5) is 10.5 Å². The molecule has 0 atom stereocenters. The monoisotopic (exact) mass is 246 g/mol. The molecule has 2 heterocycles. The molecule has 0 unspecified atom stereocenters. The minimum absolute atomic E-state index is 0.131. The van der Waals surface area contributed by atoms with Crippen molar-refractivity contribution in [3.63, 3.8) is 0 Å². The SMILES string of the molecule is Nc1cccc2nn(C(=O)N3CCOCC3)cc12. The number of carbonyl (C=O) groups is 1. The number of anilines is 1. The highest BCUT2D eigenvalue weighted by Gasteiger charge is 2.19. The Balaban J connectivity index is 1.94. The van der Waals surface area contributed by atoms with Gasteiger partial charge < -0.3 is 15.4 Å². The second-order valence-corrected chi connectivity index (χ2v) is 4.24. The quantitative estimate of drug-likeness (QED) is 0.701. The number of aromatic nitrogens is 2. The minimum atomic E-state index is -0.131. The van der Waals surface area contributed by atoms with E-state index in [1.165, 1.54) is 4.68 Å². The van der Waals surface area contributed by atoms with E-state index in [1.807, 2.05) is 12.1 Å². The number of ether oxygens (including phenoxy) is 1. The number of fused-ring (bicyclic) bond motifs is 1. The van der Waals surface area contributed by atoms with Gasteiger partial charge in [-0.15, -0.1) is 0 Å². The summed E-state index contributed by atoms with van der Waals surface area (Å²) in [6.07, 6.45) is 1.68. The summed E-state index contributed by atoms with van der Waals surface area (Å²) >= 11 is 0. The lowest BCUT2D eigenvalue weighted by Gasteiger charge is -2.26. The summed E-state index contributed by atoms with van der Waals surface area (Å²) in [5.74, 6) is 0. The molecule has 2 aromatic rings. The van der Waals surface area contributed by atoms with Crippen molar-refractivity contribution < 1.29 is 9.53 Å². The Kier molecular flexibility index (Phi) is 2.64. The number of nitrogens with zero attached hydrogens (tertiary/aromatic N) is 3. The van der Waals surface area contributed by atoms with E-state index in [0.29, 0.717) is 32.0 Å². The third-order valence-electron chi connectivity index (χ3n) is 3.06. The second kappa shape index (κ2) is 4.30. The number of nitrogen functional groups attached to an aromatic ring is 1. The Labute approximate surface area is 104 Å². The summed E-state index contributed by atoms with van der Waals surface area (Å²) in [7, 11) is 0. The van der Waals surface area contributed by atoms with Crippen LogP contribution in [-0.2, 0) is 4.74 Å². The summed E-state index contributed by atoms with van der Waals surface area (Å²) in [4.78, 5) is 13.9. The molecule has 1 aromatic heterocycles. The number of hydrogen-bond donors (Lipinski definition) is 1. The highest BCUT2D eigenvalue weighted by atomic mass is 16.5. The van der Waals surface area contributed by atoms with E-state index in [1.54, 1.807) is 17.2 Å². The molecular formula is C12H14N4O2. The molecule has 3 rings (SSSR count). The standard InChI is InChI=1S/C12H14N4O2/c13-10-2-1-3-11-9(10)8-16(14-11)12(17)15-4-6-18-7-5-15/h1-3,8H,4-7,13H2. The van der Waals surface area contributed by atoms with E-state index >= 15 is 0 Å². The van der Waals surface area contributed by atoms with Crippen molar-refractivity contribution in [2.24, 2.45) is 0 Å². The first kappa shape index (κ1) is 11.0. The molecule has 1 aliphatic heterocycles. The Morgan fingerprint density at radius 1 is 1.33 bits per heavy atom. The maximum Gasteiger partial charge on any atom is 0.344 e. The number of amides is 1. The molecule has 0 saturated carbocycles. The lowest BCUT2D eigenvalue weighted by molar-refractivity contribution is 0.0529. The number of benzene rings is 1. The lowest BCUT2D eigenvalue weighted by atomic mass is 10.2. The fraction of sp³-hybridized carbons (Fsp3) is 0.333. The van der Waals surface area contributed by atoms with Crippen LogP contribution in [0.5, 0.6) is 0 Å². The van der Waals surface area contributed by atoms with Crippen LogP contribution in [0.3, 0.4) is 0 Å². The van der Waals surface area contributed by atoms with Crippen molar-refractivity contribution in [2.75, 3.05) is 32.0 Å². The van der Waals surface area contributed by atoms with Crippen molar-refractivity contribution in [3.8, 4) is 0 Å². The first-order chi connectivity index (χ1) is 8.75. The fourth-order valence-electron chi connectivity index (χ4n) is 2.06. The first-order valence-electron chi connectivity index (χ1n) is 5.86. The van der Waals surface area contributed by atoms with E-state index in [0.717, 1.165) is 10.9 Å². The largest absolute Gasteiger partial charge is 0.398 e. The summed E-state index contributed by atoms with van der Waals surface area (Å²) in [6, 6.07) is 5.34. The first-order valence-corrected chi connectivity index (χ1v) is 5.86. The van der Waals surface area contributed by atoms with Gasteiger partial charge in [-0.25, -0.2) is 4.79 Å². The summed E-state index contributed by atoms with van der Waals surface area (Å²) in [6.45, 7) is 2.36. The smallest absolute Gasteiger partial charge is 0.344 e. The summed E-state index contributed by atoms with van der Waals surface area (Å²) < 4.78 is 6.57. The van der Waals surface area contributed by atoms with Gasteiger partial charge in [-0.05, 0) is 12.1 Å². The van der Waals surface area contributed by atoms with E-state index in [-0.39, 0.29) is 6.03 Å². The van der Waals surface area contributed by atoms with Crippen LogP contribution in [0.2, 0.25) is 0 Å². The van der Waals surface area contributed by atoms with Gasteiger partial charge in [0.25, 0.3) is 0 Å². The summed E-state index contributed by atoms with van der Waals surface area (Å²) in [5.41, 5.74) is 7.22. The molecule has 0 spiro atoms. The third-order valence-corrected chi connectivity index (χ3v) is 3.06. The van der Waals surface area contributed by atoms with Crippen molar-refractivity contribution in [3.05, 3.63) is 24.4 Å². The molecule has 1 aromatic carbocycles. The van der Waals surface area contributed by atoms with Gasteiger partial charge in [0, 0.05) is 30.4 Å².